The largest absolute Gasteiger partial charge is 0.469 e. The lowest BCUT2D eigenvalue weighted by Crippen LogP contribution is -2.29. The number of hydrogen-bond donors (Lipinski definition) is 1. The second-order valence-corrected chi connectivity index (χ2v) is 5.40. The molecule has 2 aromatic carbocycles. The number of furan rings is 1. The minimum atomic E-state index is -0.137. The van der Waals surface area contributed by atoms with E-state index in [9.17, 15) is 4.79 Å². The van der Waals surface area contributed by atoms with Crippen LogP contribution in [0.3, 0.4) is 0 Å². The number of amides is 1. The van der Waals surface area contributed by atoms with E-state index in [1.807, 2.05) is 72.8 Å². The second kappa shape index (κ2) is 7.45. The molecule has 23 heavy (non-hydrogen) atoms. The number of nitrogens with one attached hydrogen (secondary N) is 1. The third-order valence-electron chi connectivity index (χ3n) is 3.75. The predicted molar refractivity (Wildman–Crippen MR) is 89.9 cm³/mol. The molecule has 0 fully saturated rings. The molecule has 0 radical (unpaired) electrons. The summed E-state index contributed by atoms with van der Waals surface area (Å²) in [5, 5.41) is 3.13. The lowest BCUT2D eigenvalue weighted by atomic mass is 9.98. The van der Waals surface area contributed by atoms with Crippen LogP contribution in [0.4, 0.5) is 0 Å². The van der Waals surface area contributed by atoms with Crippen molar-refractivity contribution >= 4 is 5.91 Å². The fraction of sp³-hybridized carbons (Fsp3) is 0.150. The summed E-state index contributed by atoms with van der Waals surface area (Å²) in [7, 11) is 0. The van der Waals surface area contributed by atoms with E-state index in [2.05, 4.69) is 5.32 Å². The van der Waals surface area contributed by atoms with Gasteiger partial charge in [-0.15, -0.1) is 0 Å². The third kappa shape index (κ3) is 4.10. The smallest absolute Gasteiger partial charge is 0.221 e. The summed E-state index contributed by atoms with van der Waals surface area (Å²) in [6, 6.07) is 23.6. The van der Waals surface area contributed by atoms with Gasteiger partial charge in [-0.25, -0.2) is 0 Å². The van der Waals surface area contributed by atoms with Gasteiger partial charge in [-0.1, -0.05) is 60.7 Å². The standard InChI is InChI=1S/C20H19NO2/c22-19(14-13-18-12-7-15-23-18)21-20(16-8-3-1-4-9-16)17-10-5-2-6-11-17/h1-12,15,20H,13-14H2,(H,21,22). The summed E-state index contributed by atoms with van der Waals surface area (Å²) in [4.78, 5) is 12.3. The molecule has 3 rings (SSSR count). The Hall–Kier alpha value is -2.81. The van der Waals surface area contributed by atoms with E-state index < -0.39 is 0 Å². The Labute approximate surface area is 136 Å². The minimum Gasteiger partial charge on any atom is -0.469 e. The van der Waals surface area contributed by atoms with Crippen LogP contribution in [0.2, 0.25) is 0 Å². The van der Waals surface area contributed by atoms with Gasteiger partial charge in [0.05, 0.1) is 12.3 Å². The van der Waals surface area contributed by atoms with Crippen molar-refractivity contribution in [1.82, 2.24) is 5.32 Å². The Balaban J connectivity index is 1.72. The van der Waals surface area contributed by atoms with Gasteiger partial charge in [-0.2, -0.15) is 0 Å². The van der Waals surface area contributed by atoms with Crippen LogP contribution in [-0.2, 0) is 11.2 Å². The van der Waals surface area contributed by atoms with Gasteiger partial charge in [-0.3, -0.25) is 4.79 Å². The van der Waals surface area contributed by atoms with E-state index in [0.717, 1.165) is 16.9 Å². The van der Waals surface area contributed by atoms with Crippen LogP contribution in [0.15, 0.2) is 83.5 Å². The van der Waals surface area contributed by atoms with Gasteiger partial charge >= 0.3 is 0 Å². The van der Waals surface area contributed by atoms with E-state index in [4.69, 9.17) is 4.42 Å². The molecule has 0 saturated heterocycles. The van der Waals surface area contributed by atoms with E-state index in [0.29, 0.717) is 12.8 Å². The molecule has 0 spiro atoms. The summed E-state index contributed by atoms with van der Waals surface area (Å²) in [6.45, 7) is 0. The highest BCUT2D eigenvalue weighted by atomic mass is 16.3. The van der Waals surface area contributed by atoms with Gasteiger partial charge in [-0.05, 0) is 23.3 Å². The van der Waals surface area contributed by atoms with Crippen LogP contribution in [0.5, 0.6) is 0 Å². The van der Waals surface area contributed by atoms with Crippen LogP contribution < -0.4 is 5.32 Å². The maximum Gasteiger partial charge on any atom is 0.221 e. The maximum absolute atomic E-state index is 12.3. The quantitative estimate of drug-likeness (QED) is 0.744. The monoisotopic (exact) mass is 305 g/mol. The number of hydrogen-bond acceptors (Lipinski definition) is 2. The SMILES string of the molecule is O=C(CCc1ccco1)NC(c1ccccc1)c1ccccc1. The lowest BCUT2D eigenvalue weighted by molar-refractivity contribution is -0.121. The maximum atomic E-state index is 12.3. The molecular formula is C20H19NO2. The van der Waals surface area contributed by atoms with Crippen LogP contribution in [-0.4, -0.2) is 5.91 Å². The fourth-order valence-electron chi connectivity index (χ4n) is 2.57. The number of carbonyl (C=O) groups is 1. The number of benzene rings is 2. The lowest BCUT2D eigenvalue weighted by Gasteiger charge is -2.19. The van der Waals surface area contributed by atoms with Crippen molar-refractivity contribution in [3.63, 3.8) is 0 Å². The Kier molecular flexibility index (Phi) is 4.89. The zero-order valence-corrected chi connectivity index (χ0v) is 12.8. The third-order valence-corrected chi connectivity index (χ3v) is 3.75. The number of aryl methyl sites for hydroxylation is 1. The van der Waals surface area contributed by atoms with Crippen molar-refractivity contribution in [3.05, 3.63) is 95.9 Å². The molecule has 0 aliphatic carbocycles. The second-order valence-electron chi connectivity index (χ2n) is 5.40. The summed E-state index contributed by atoms with van der Waals surface area (Å²) >= 11 is 0. The molecule has 1 N–H and O–H groups in total. The highest BCUT2D eigenvalue weighted by Crippen LogP contribution is 2.22. The summed E-state index contributed by atoms with van der Waals surface area (Å²) in [5.74, 6) is 0.843. The van der Waals surface area contributed by atoms with Gasteiger partial charge in [0.15, 0.2) is 0 Å². The van der Waals surface area contributed by atoms with Gasteiger partial charge in [0.2, 0.25) is 5.91 Å². The van der Waals surface area contributed by atoms with Crippen molar-refractivity contribution < 1.29 is 9.21 Å². The van der Waals surface area contributed by atoms with Crippen molar-refractivity contribution in [2.75, 3.05) is 0 Å². The highest BCUT2D eigenvalue weighted by molar-refractivity contribution is 5.77. The molecule has 0 unspecified atom stereocenters. The molecule has 3 heteroatoms. The molecule has 0 aliphatic rings. The molecule has 0 aliphatic heterocycles. The highest BCUT2D eigenvalue weighted by Gasteiger charge is 2.16. The molecule has 0 bridgehead atoms. The van der Waals surface area contributed by atoms with Crippen molar-refractivity contribution in [2.45, 2.75) is 18.9 Å². The number of carbonyl (C=O) groups excluding carboxylic acids is 1. The average Bonchev–Trinajstić information content (AvgIpc) is 3.13. The van der Waals surface area contributed by atoms with Crippen LogP contribution in [0, 0.1) is 0 Å². The Morgan fingerprint density at radius 3 is 2.00 bits per heavy atom. The normalized spacial score (nSPS) is 10.7. The van der Waals surface area contributed by atoms with Gasteiger partial charge in [0.1, 0.15) is 5.76 Å². The zero-order chi connectivity index (χ0) is 15.9. The molecule has 0 saturated carbocycles. The van der Waals surface area contributed by atoms with Gasteiger partial charge in [0.25, 0.3) is 0 Å². The molecule has 3 nitrogen and oxygen atoms in total. The molecule has 1 heterocycles. The predicted octanol–water partition coefficient (Wildman–Crippen LogP) is 4.12. The first-order valence-electron chi connectivity index (χ1n) is 7.74. The number of rotatable bonds is 6. The topological polar surface area (TPSA) is 42.2 Å². The average molecular weight is 305 g/mol. The van der Waals surface area contributed by atoms with Crippen molar-refractivity contribution in [2.24, 2.45) is 0 Å². The summed E-state index contributed by atoms with van der Waals surface area (Å²) < 4.78 is 5.28. The first-order chi connectivity index (χ1) is 11.3. The van der Waals surface area contributed by atoms with E-state index in [1.54, 1.807) is 6.26 Å². The molecule has 116 valence electrons. The summed E-state index contributed by atoms with van der Waals surface area (Å²) in [5.41, 5.74) is 2.15. The first-order valence-corrected chi connectivity index (χ1v) is 7.74. The zero-order valence-electron chi connectivity index (χ0n) is 12.8. The van der Waals surface area contributed by atoms with Gasteiger partial charge in [0, 0.05) is 12.8 Å². The van der Waals surface area contributed by atoms with Crippen LogP contribution >= 0.6 is 0 Å². The van der Waals surface area contributed by atoms with Crippen LogP contribution in [0.1, 0.15) is 29.3 Å². The van der Waals surface area contributed by atoms with Crippen molar-refractivity contribution in [1.29, 1.82) is 0 Å². The molecule has 0 atom stereocenters. The van der Waals surface area contributed by atoms with Gasteiger partial charge < -0.3 is 9.73 Å². The Morgan fingerprint density at radius 1 is 0.870 bits per heavy atom. The molecular weight excluding hydrogens is 286 g/mol. The Bertz CT molecular complexity index is 681. The fourth-order valence-corrected chi connectivity index (χ4v) is 2.57. The molecule has 1 aromatic heterocycles. The van der Waals surface area contributed by atoms with Crippen LogP contribution in [0.25, 0.3) is 0 Å². The minimum absolute atomic E-state index is 0.0131. The van der Waals surface area contributed by atoms with E-state index in [-0.39, 0.29) is 11.9 Å². The van der Waals surface area contributed by atoms with Crippen molar-refractivity contribution in [3.8, 4) is 0 Å². The Morgan fingerprint density at radius 2 is 1.48 bits per heavy atom. The summed E-state index contributed by atoms with van der Waals surface area (Å²) in [6.07, 6.45) is 2.64. The molecule has 1 amide bonds. The first kappa shape index (κ1) is 15.1. The van der Waals surface area contributed by atoms with E-state index in [1.165, 1.54) is 0 Å². The van der Waals surface area contributed by atoms with E-state index >= 15 is 0 Å². The molecule has 3 aromatic rings.